The summed E-state index contributed by atoms with van der Waals surface area (Å²) in [6.07, 6.45) is 0.533. The van der Waals surface area contributed by atoms with Crippen LogP contribution < -0.4 is 0 Å². The van der Waals surface area contributed by atoms with Crippen molar-refractivity contribution in [3.8, 4) is 29.5 Å². The highest BCUT2D eigenvalue weighted by Crippen LogP contribution is 2.33. The Morgan fingerprint density at radius 2 is 1.59 bits per heavy atom. The molecule has 0 amide bonds. The van der Waals surface area contributed by atoms with Crippen LogP contribution in [0, 0.1) is 45.6 Å². The molecule has 0 saturated carbocycles. The number of rotatable bonds is 5. The highest BCUT2D eigenvalue weighted by molar-refractivity contribution is 5.97. The molecule has 0 spiro atoms. The number of Topliss-reactive ketones (excluding diaryl/α,β-unsaturated/α-hetero) is 1. The van der Waals surface area contributed by atoms with Crippen LogP contribution in [-0.2, 0) is 5.54 Å². The molecule has 1 heterocycles. The zero-order valence-electron chi connectivity index (χ0n) is 14.9. The van der Waals surface area contributed by atoms with Gasteiger partial charge in [0.1, 0.15) is 29.8 Å². The molecule has 0 aliphatic rings. The minimum absolute atomic E-state index is 0.0576. The average molecular weight is 386 g/mol. The van der Waals surface area contributed by atoms with Gasteiger partial charge in [-0.1, -0.05) is 24.3 Å². The van der Waals surface area contributed by atoms with Gasteiger partial charge in [0.05, 0.1) is 23.2 Å². The smallest absolute Gasteiger partial charge is 0.226 e. The van der Waals surface area contributed by atoms with Gasteiger partial charge in [-0.2, -0.15) is 15.8 Å². The highest BCUT2D eigenvalue weighted by Gasteiger charge is 2.38. The quantitative estimate of drug-likeness (QED) is 0.610. The largest absolute Gasteiger partial charge is 0.315 e. The maximum absolute atomic E-state index is 14.4. The fraction of sp³-hybridized carbons (Fsp3) is 0.0909. The number of nitrogens with zero attached hydrogens (tertiary/aromatic N) is 4. The van der Waals surface area contributed by atoms with Gasteiger partial charge in [0.2, 0.25) is 5.54 Å². The second-order valence-corrected chi connectivity index (χ2v) is 6.24. The van der Waals surface area contributed by atoms with Gasteiger partial charge in [-0.05, 0) is 30.3 Å². The van der Waals surface area contributed by atoms with Crippen molar-refractivity contribution in [2.45, 2.75) is 12.0 Å². The number of carbonyl (C=O) groups is 1. The zero-order valence-corrected chi connectivity index (χ0v) is 14.9. The van der Waals surface area contributed by atoms with Crippen molar-refractivity contribution in [1.29, 1.82) is 15.8 Å². The molecule has 0 N–H and O–H groups in total. The molecule has 2 aromatic carbocycles. The van der Waals surface area contributed by atoms with E-state index in [0.717, 1.165) is 10.6 Å². The fourth-order valence-corrected chi connectivity index (χ4v) is 3.03. The number of hydrogen-bond donors (Lipinski definition) is 0. The van der Waals surface area contributed by atoms with Crippen molar-refractivity contribution < 1.29 is 13.6 Å². The molecule has 0 aliphatic heterocycles. The van der Waals surface area contributed by atoms with Crippen LogP contribution in [0.2, 0.25) is 0 Å². The molecule has 0 fully saturated rings. The SMILES string of the molecule is N#Cc1cc(-c2ccccc2F)n(C(C#N)(C#N)CC(=O)c2ccccc2F)c1. The second kappa shape index (κ2) is 7.76. The Morgan fingerprint density at radius 1 is 0.966 bits per heavy atom. The molecule has 7 heteroatoms. The topological polar surface area (TPSA) is 93.4 Å². The molecule has 3 rings (SSSR count). The van der Waals surface area contributed by atoms with E-state index in [1.807, 2.05) is 6.07 Å². The minimum Gasteiger partial charge on any atom is -0.315 e. The molecule has 0 aliphatic carbocycles. The van der Waals surface area contributed by atoms with E-state index >= 15 is 0 Å². The Hall–Kier alpha value is -4.28. The van der Waals surface area contributed by atoms with Gasteiger partial charge < -0.3 is 4.57 Å². The molecule has 5 nitrogen and oxygen atoms in total. The Balaban J connectivity index is 2.17. The van der Waals surface area contributed by atoms with Crippen LogP contribution in [0.25, 0.3) is 11.3 Å². The number of benzene rings is 2. The summed E-state index contributed by atoms with van der Waals surface area (Å²) in [5.41, 5.74) is -2.14. The standard InChI is InChI=1S/C22H12F2N4O/c23-18-7-3-1-5-16(18)20-9-15(11-25)12-28(20)22(13-26,14-27)10-21(29)17-6-2-4-8-19(17)24/h1-9,12H,10H2. The van der Waals surface area contributed by atoms with Crippen LogP contribution in [0.1, 0.15) is 22.3 Å². The van der Waals surface area contributed by atoms with Gasteiger partial charge in [0.15, 0.2) is 5.78 Å². The van der Waals surface area contributed by atoms with Crippen LogP contribution in [0.5, 0.6) is 0 Å². The van der Waals surface area contributed by atoms with Gasteiger partial charge in [-0.3, -0.25) is 4.79 Å². The predicted molar refractivity (Wildman–Crippen MR) is 99.1 cm³/mol. The highest BCUT2D eigenvalue weighted by atomic mass is 19.1. The van der Waals surface area contributed by atoms with Crippen LogP contribution in [0.3, 0.4) is 0 Å². The van der Waals surface area contributed by atoms with Crippen molar-refractivity contribution in [3.05, 3.63) is 83.6 Å². The summed E-state index contributed by atoms with van der Waals surface area (Å²) >= 11 is 0. The maximum Gasteiger partial charge on any atom is 0.226 e. The number of ketones is 1. The van der Waals surface area contributed by atoms with E-state index in [1.54, 1.807) is 18.2 Å². The molecule has 0 radical (unpaired) electrons. The van der Waals surface area contributed by atoms with E-state index in [9.17, 15) is 29.4 Å². The van der Waals surface area contributed by atoms with Crippen LogP contribution >= 0.6 is 0 Å². The Bertz CT molecular complexity index is 1210. The normalized spacial score (nSPS) is 10.6. The van der Waals surface area contributed by atoms with Gasteiger partial charge in [-0.25, -0.2) is 8.78 Å². The molecule has 1 aromatic heterocycles. The van der Waals surface area contributed by atoms with Crippen LogP contribution in [0.15, 0.2) is 60.8 Å². The molecule has 140 valence electrons. The van der Waals surface area contributed by atoms with E-state index in [2.05, 4.69) is 0 Å². The molecule has 29 heavy (non-hydrogen) atoms. The molecule has 0 bridgehead atoms. The zero-order chi connectivity index (χ0) is 21.0. The Morgan fingerprint density at radius 3 is 2.17 bits per heavy atom. The molecular weight excluding hydrogens is 374 g/mol. The van der Waals surface area contributed by atoms with Crippen molar-refractivity contribution in [2.24, 2.45) is 0 Å². The average Bonchev–Trinajstić information content (AvgIpc) is 3.17. The van der Waals surface area contributed by atoms with Gasteiger partial charge >= 0.3 is 0 Å². The summed E-state index contributed by atoms with van der Waals surface area (Å²) < 4.78 is 29.5. The molecule has 0 unspecified atom stereocenters. The number of halogens is 2. The van der Waals surface area contributed by atoms with E-state index < -0.39 is 29.4 Å². The first kappa shape index (κ1) is 19.5. The molecule has 0 atom stereocenters. The maximum atomic E-state index is 14.4. The lowest BCUT2D eigenvalue weighted by atomic mass is 9.91. The molecule has 0 saturated heterocycles. The predicted octanol–water partition coefficient (Wildman–Crippen LogP) is 4.32. The van der Waals surface area contributed by atoms with E-state index in [1.165, 1.54) is 48.7 Å². The number of hydrogen-bond acceptors (Lipinski definition) is 4. The second-order valence-electron chi connectivity index (χ2n) is 6.24. The Kier molecular flexibility index (Phi) is 5.21. The first-order chi connectivity index (χ1) is 14.0. The molecule has 3 aromatic rings. The van der Waals surface area contributed by atoms with Crippen LogP contribution in [-0.4, -0.2) is 10.4 Å². The summed E-state index contributed by atoms with van der Waals surface area (Å²) in [5, 5.41) is 28.9. The van der Waals surface area contributed by atoms with Crippen molar-refractivity contribution >= 4 is 5.78 Å². The van der Waals surface area contributed by atoms with E-state index in [-0.39, 0.29) is 22.4 Å². The van der Waals surface area contributed by atoms with Crippen molar-refractivity contribution in [3.63, 3.8) is 0 Å². The summed E-state index contributed by atoms with van der Waals surface area (Å²) in [7, 11) is 0. The summed E-state index contributed by atoms with van der Waals surface area (Å²) in [6.45, 7) is 0. The summed E-state index contributed by atoms with van der Waals surface area (Å²) in [4.78, 5) is 12.7. The number of aromatic nitrogens is 1. The van der Waals surface area contributed by atoms with Gasteiger partial charge in [0, 0.05) is 11.8 Å². The fourth-order valence-electron chi connectivity index (χ4n) is 3.03. The lowest BCUT2D eigenvalue weighted by Gasteiger charge is -2.23. The summed E-state index contributed by atoms with van der Waals surface area (Å²) in [6, 6.07) is 17.7. The van der Waals surface area contributed by atoms with Gasteiger partial charge in [0.25, 0.3) is 0 Å². The third-order valence-corrected chi connectivity index (χ3v) is 4.47. The molecular formula is C22H12F2N4O. The summed E-state index contributed by atoms with van der Waals surface area (Å²) in [5.74, 6) is -2.17. The van der Waals surface area contributed by atoms with Crippen LogP contribution in [0.4, 0.5) is 8.78 Å². The van der Waals surface area contributed by atoms with Crippen molar-refractivity contribution in [2.75, 3.05) is 0 Å². The third kappa shape index (κ3) is 3.48. The first-order valence-electron chi connectivity index (χ1n) is 8.44. The monoisotopic (exact) mass is 386 g/mol. The van der Waals surface area contributed by atoms with Crippen molar-refractivity contribution in [1.82, 2.24) is 4.57 Å². The first-order valence-corrected chi connectivity index (χ1v) is 8.44. The third-order valence-electron chi connectivity index (χ3n) is 4.47. The lowest BCUT2D eigenvalue weighted by molar-refractivity contribution is 0.0955. The van der Waals surface area contributed by atoms with Gasteiger partial charge in [-0.15, -0.1) is 0 Å². The number of carbonyl (C=O) groups excluding carboxylic acids is 1. The number of nitriles is 3. The van der Waals surface area contributed by atoms with E-state index in [4.69, 9.17) is 0 Å². The van der Waals surface area contributed by atoms with E-state index in [0.29, 0.717) is 0 Å². The Labute approximate surface area is 165 Å². The lowest BCUT2D eigenvalue weighted by Crippen LogP contribution is -2.33. The minimum atomic E-state index is -2.11.